The van der Waals surface area contributed by atoms with Crippen LogP contribution in [-0.4, -0.2) is 60.9 Å². The number of alkyl halides is 1. The first-order valence-electron chi connectivity index (χ1n) is 8.35. The highest BCUT2D eigenvalue weighted by Gasteiger charge is 2.37. The molecule has 9 heteroatoms. The van der Waals surface area contributed by atoms with Crippen LogP contribution in [0.2, 0.25) is 5.02 Å². The minimum absolute atomic E-state index is 0.129. The zero-order valence-electron chi connectivity index (χ0n) is 13.7. The summed E-state index contributed by atoms with van der Waals surface area (Å²) in [6.45, 7) is 1.91. The highest BCUT2D eigenvalue weighted by atomic mass is 35.5. The topological polar surface area (TPSA) is 57.4 Å². The Morgan fingerprint density at radius 1 is 1.35 bits per heavy atom. The number of aromatic amines is 1. The molecule has 2 N–H and O–H groups in total. The first kappa shape index (κ1) is 17.6. The lowest BCUT2D eigenvalue weighted by atomic mass is 10.1. The van der Waals surface area contributed by atoms with Crippen molar-refractivity contribution in [2.45, 2.75) is 12.2 Å². The third kappa shape index (κ3) is 2.95. The summed E-state index contributed by atoms with van der Waals surface area (Å²) in [6.07, 6.45) is -1.24. The molecule has 2 saturated heterocycles. The summed E-state index contributed by atoms with van der Waals surface area (Å²) in [6, 6.07) is 1.89. The van der Waals surface area contributed by atoms with Gasteiger partial charge in [-0.1, -0.05) is 11.6 Å². The Morgan fingerprint density at radius 3 is 2.81 bits per heavy atom. The SMILES string of the molecule is O=C(c1[nH]c2ccc(F)c(Cl)c2c1F)N1C[C@@H](F)[C@@H](NCC2COC2)C1. The Balaban J connectivity index is 1.51. The number of fused-ring (bicyclic) bond motifs is 1. The van der Waals surface area contributed by atoms with Gasteiger partial charge in [-0.25, -0.2) is 13.2 Å². The maximum Gasteiger partial charge on any atom is 0.273 e. The number of carbonyl (C=O) groups excluding carboxylic acids is 1. The average Bonchev–Trinajstić information content (AvgIpc) is 3.10. The summed E-state index contributed by atoms with van der Waals surface area (Å²) in [7, 11) is 0. The lowest BCUT2D eigenvalue weighted by Crippen LogP contribution is -2.45. The first-order valence-corrected chi connectivity index (χ1v) is 8.73. The molecule has 1 aromatic heterocycles. The van der Waals surface area contributed by atoms with E-state index in [0.29, 0.717) is 25.7 Å². The highest BCUT2D eigenvalue weighted by molar-refractivity contribution is 6.35. The zero-order chi connectivity index (χ0) is 18.4. The van der Waals surface area contributed by atoms with Crippen molar-refractivity contribution in [2.24, 2.45) is 5.92 Å². The van der Waals surface area contributed by atoms with Crippen LogP contribution in [0.5, 0.6) is 0 Å². The number of hydrogen-bond acceptors (Lipinski definition) is 3. The van der Waals surface area contributed by atoms with E-state index in [0.717, 1.165) is 6.07 Å². The molecule has 5 nitrogen and oxygen atoms in total. The van der Waals surface area contributed by atoms with Gasteiger partial charge >= 0.3 is 0 Å². The smallest absolute Gasteiger partial charge is 0.273 e. The number of H-pyrrole nitrogens is 1. The molecule has 140 valence electrons. The molecule has 2 aliphatic rings. The lowest BCUT2D eigenvalue weighted by molar-refractivity contribution is -0.0321. The normalized spacial score (nSPS) is 23.6. The molecular weight excluding hydrogens is 371 g/mol. The fraction of sp³-hybridized carbons (Fsp3) is 0.471. The van der Waals surface area contributed by atoms with Crippen LogP contribution in [0, 0.1) is 17.6 Å². The molecule has 0 aliphatic carbocycles. The number of aromatic nitrogens is 1. The van der Waals surface area contributed by atoms with E-state index in [4.69, 9.17) is 16.3 Å². The number of amides is 1. The van der Waals surface area contributed by atoms with Crippen LogP contribution in [0.15, 0.2) is 12.1 Å². The quantitative estimate of drug-likeness (QED) is 0.847. The Morgan fingerprint density at radius 2 is 2.12 bits per heavy atom. The van der Waals surface area contributed by atoms with Crippen molar-refractivity contribution in [3.63, 3.8) is 0 Å². The molecular formula is C17H17ClF3N3O2. The molecule has 2 aliphatic heterocycles. The Bertz CT molecular complexity index is 855. The summed E-state index contributed by atoms with van der Waals surface area (Å²) in [5, 5.41) is 2.54. The monoisotopic (exact) mass is 387 g/mol. The largest absolute Gasteiger partial charge is 0.381 e. The van der Waals surface area contributed by atoms with Gasteiger partial charge in [0.1, 0.15) is 17.7 Å². The van der Waals surface area contributed by atoms with Crippen molar-refractivity contribution in [3.8, 4) is 0 Å². The predicted molar refractivity (Wildman–Crippen MR) is 90.1 cm³/mol. The number of carbonyl (C=O) groups is 1. The van der Waals surface area contributed by atoms with Crippen LogP contribution >= 0.6 is 11.6 Å². The molecule has 0 spiro atoms. The molecule has 1 amide bonds. The highest BCUT2D eigenvalue weighted by Crippen LogP contribution is 2.31. The number of benzene rings is 1. The van der Waals surface area contributed by atoms with Crippen molar-refractivity contribution in [1.82, 2.24) is 15.2 Å². The average molecular weight is 388 g/mol. The minimum Gasteiger partial charge on any atom is -0.381 e. The molecule has 26 heavy (non-hydrogen) atoms. The van der Waals surface area contributed by atoms with Crippen molar-refractivity contribution < 1.29 is 22.7 Å². The third-order valence-corrected chi connectivity index (χ3v) is 5.29. The third-order valence-electron chi connectivity index (χ3n) is 4.92. The van der Waals surface area contributed by atoms with Crippen LogP contribution in [0.4, 0.5) is 13.2 Å². The summed E-state index contributed by atoms with van der Waals surface area (Å²) >= 11 is 5.81. The van der Waals surface area contributed by atoms with E-state index in [2.05, 4.69) is 10.3 Å². The summed E-state index contributed by atoms with van der Waals surface area (Å²) in [4.78, 5) is 16.5. The number of likely N-dealkylation sites (tertiary alicyclic amines) is 1. The van der Waals surface area contributed by atoms with Crippen molar-refractivity contribution >= 4 is 28.4 Å². The second-order valence-electron chi connectivity index (χ2n) is 6.74. The first-order chi connectivity index (χ1) is 12.5. The van der Waals surface area contributed by atoms with Gasteiger partial charge in [0.25, 0.3) is 5.91 Å². The van der Waals surface area contributed by atoms with Gasteiger partial charge < -0.3 is 19.9 Å². The maximum atomic E-state index is 14.6. The number of hydrogen-bond donors (Lipinski definition) is 2. The van der Waals surface area contributed by atoms with Gasteiger partial charge in [-0.05, 0) is 12.1 Å². The lowest BCUT2D eigenvalue weighted by Gasteiger charge is -2.27. The molecule has 2 fully saturated rings. The molecule has 3 heterocycles. The predicted octanol–water partition coefficient (Wildman–Crippen LogP) is 2.50. The van der Waals surface area contributed by atoms with E-state index in [1.54, 1.807) is 0 Å². The summed E-state index contributed by atoms with van der Waals surface area (Å²) in [5.74, 6) is -2.01. The van der Waals surface area contributed by atoms with Crippen molar-refractivity contribution in [2.75, 3.05) is 32.8 Å². The number of rotatable bonds is 4. The van der Waals surface area contributed by atoms with Gasteiger partial charge in [-0.15, -0.1) is 0 Å². The molecule has 0 saturated carbocycles. The van der Waals surface area contributed by atoms with Gasteiger partial charge in [0.15, 0.2) is 5.82 Å². The molecule has 0 unspecified atom stereocenters. The van der Waals surface area contributed by atoms with E-state index < -0.39 is 29.8 Å². The number of ether oxygens (including phenoxy) is 1. The Kier molecular flexibility index (Phi) is 4.58. The molecule has 0 radical (unpaired) electrons. The molecule has 1 aromatic carbocycles. The molecule has 0 bridgehead atoms. The van der Waals surface area contributed by atoms with Gasteiger partial charge in [0, 0.05) is 19.0 Å². The second kappa shape index (κ2) is 6.75. The minimum atomic E-state index is -1.24. The van der Waals surface area contributed by atoms with E-state index in [-0.39, 0.29) is 34.7 Å². The second-order valence-corrected chi connectivity index (χ2v) is 7.12. The zero-order valence-corrected chi connectivity index (χ0v) is 14.5. The van der Waals surface area contributed by atoms with E-state index in [9.17, 15) is 18.0 Å². The molecule has 2 atom stereocenters. The molecule has 4 rings (SSSR count). The standard InChI is InChI=1S/C17H17ClF3N3O2/c18-14-9(19)1-2-11-13(14)15(21)16(23-11)17(25)24-4-10(20)12(5-24)22-3-8-6-26-7-8/h1-2,8,10,12,22-23H,3-7H2/t10-,12+/m1/s1. The van der Waals surface area contributed by atoms with Crippen LogP contribution in [-0.2, 0) is 4.74 Å². The van der Waals surface area contributed by atoms with E-state index >= 15 is 0 Å². The summed E-state index contributed by atoms with van der Waals surface area (Å²) in [5.41, 5.74) is -0.124. The van der Waals surface area contributed by atoms with Crippen LogP contribution in [0.25, 0.3) is 10.9 Å². The fourth-order valence-corrected chi connectivity index (χ4v) is 3.58. The van der Waals surface area contributed by atoms with Crippen LogP contribution in [0.1, 0.15) is 10.5 Å². The number of halogens is 4. The van der Waals surface area contributed by atoms with Gasteiger partial charge in [-0.2, -0.15) is 0 Å². The van der Waals surface area contributed by atoms with Gasteiger partial charge in [-0.3, -0.25) is 4.79 Å². The van der Waals surface area contributed by atoms with Crippen molar-refractivity contribution in [3.05, 3.63) is 34.5 Å². The van der Waals surface area contributed by atoms with E-state index in [1.807, 2.05) is 0 Å². The van der Waals surface area contributed by atoms with E-state index in [1.165, 1.54) is 11.0 Å². The van der Waals surface area contributed by atoms with Crippen LogP contribution in [0.3, 0.4) is 0 Å². The van der Waals surface area contributed by atoms with Gasteiger partial charge in [0.05, 0.1) is 41.7 Å². The number of nitrogens with zero attached hydrogens (tertiary/aromatic N) is 1. The van der Waals surface area contributed by atoms with Crippen LogP contribution < -0.4 is 5.32 Å². The number of nitrogens with one attached hydrogen (secondary N) is 2. The maximum absolute atomic E-state index is 14.6. The Hall–Kier alpha value is -1.77. The van der Waals surface area contributed by atoms with Crippen molar-refractivity contribution in [1.29, 1.82) is 0 Å². The fourth-order valence-electron chi connectivity index (χ4n) is 3.33. The molecule has 2 aromatic rings. The summed E-state index contributed by atoms with van der Waals surface area (Å²) < 4.78 is 47.5. The van der Waals surface area contributed by atoms with Gasteiger partial charge in [0.2, 0.25) is 0 Å². The Labute approximate surface area is 152 Å².